The van der Waals surface area contributed by atoms with Crippen LogP contribution in [0.25, 0.3) is 0 Å². The van der Waals surface area contributed by atoms with Gasteiger partial charge in [0, 0.05) is 5.92 Å². The molecule has 0 spiro atoms. The number of rotatable bonds is 6. The first-order valence-electron chi connectivity index (χ1n) is 6.47. The molecule has 4 nitrogen and oxygen atoms in total. The lowest BCUT2D eigenvalue weighted by Crippen LogP contribution is -2.40. The lowest BCUT2D eigenvalue weighted by Gasteiger charge is -2.22. The van der Waals surface area contributed by atoms with E-state index in [1.54, 1.807) is 19.1 Å². The normalized spacial score (nSPS) is 14.6. The molecular formula is C14H23NO3. The van der Waals surface area contributed by atoms with Gasteiger partial charge in [0.15, 0.2) is 0 Å². The van der Waals surface area contributed by atoms with Crippen LogP contribution in [-0.2, 0) is 10.4 Å². The minimum atomic E-state index is -1.17. The summed E-state index contributed by atoms with van der Waals surface area (Å²) in [4.78, 5) is 11.8. The van der Waals surface area contributed by atoms with Gasteiger partial charge in [0.1, 0.15) is 17.1 Å². The van der Waals surface area contributed by atoms with E-state index >= 15 is 0 Å². The van der Waals surface area contributed by atoms with Crippen molar-refractivity contribution in [3.8, 4) is 0 Å². The Morgan fingerprint density at radius 3 is 2.50 bits per heavy atom. The van der Waals surface area contributed by atoms with Crippen LogP contribution in [0.15, 0.2) is 16.5 Å². The summed E-state index contributed by atoms with van der Waals surface area (Å²) in [6.07, 6.45) is 1.62. The van der Waals surface area contributed by atoms with Crippen LogP contribution < -0.4 is 5.32 Å². The molecule has 0 radical (unpaired) electrons. The van der Waals surface area contributed by atoms with Gasteiger partial charge >= 0.3 is 0 Å². The summed E-state index contributed by atoms with van der Waals surface area (Å²) in [6.45, 7) is 7.60. The topological polar surface area (TPSA) is 62.5 Å². The average molecular weight is 253 g/mol. The highest BCUT2D eigenvalue weighted by Gasteiger charge is 2.28. The van der Waals surface area contributed by atoms with E-state index < -0.39 is 5.60 Å². The largest absolute Gasteiger partial charge is 0.463 e. The van der Waals surface area contributed by atoms with Crippen molar-refractivity contribution in [3.05, 3.63) is 23.7 Å². The molecule has 0 aliphatic carbocycles. The predicted octanol–water partition coefficient (Wildman–Crippen LogP) is 2.35. The third-order valence-electron chi connectivity index (χ3n) is 3.23. The number of hydrogen-bond donors (Lipinski definition) is 2. The molecule has 2 N–H and O–H groups in total. The Bertz CT molecular complexity index is 391. The van der Waals surface area contributed by atoms with Crippen LogP contribution >= 0.6 is 0 Å². The molecule has 0 aliphatic heterocycles. The molecule has 1 amide bonds. The molecule has 1 unspecified atom stereocenters. The zero-order chi connectivity index (χ0) is 13.8. The summed E-state index contributed by atoms with van der Waals surface area (Å²) in [5.74, 6) is 1.23. The number of aliphatic hydroxyl groups is 1. The second kappa shape index (κ2) is 6.05. The molecule has 1 atom stereocenters. The minimum absolute atomic E-state index is 0.0106. The summed E-state index contributed by atoms with van der Waals surface area (Å²) >= 11 is 0. The van der Waals surface area contributed by atoms with Crippen LogP contribution in [0.5, 0.6) is 0 Å². The Morgan fingerprint density at radius 2 is 2.06 bits per heavy atom. The molecule has 1 rings (SSSR count). The van der Waals surface area contributed by atoms with Crippen molar-refractivity contribution in [1.29, 1.82) is 0 Å². The molecular weight excluding hydrogens is 230 g/mol. The van der Waals surface area contributed by atoms with Crippen molar-refractivity contribution >= 4 is 5.91 Å². The van der Waals surface area contributed by atoms with Gasteiger partial charge in [-0.3, -0.25) is 4.79 Å². The Kier molecular flexibility index (Phi) is 4.96. The minimum Gasteiger partial charge on any atom is -0.463 e. The molecule has 1 aromatic heterocycles. The summed E-state index contributed by atoms with van der Waals surface area (Å²) in [5.41, 5.74) is -1.17. The Labute approximate surface area is 108 Å². The van der Waals surface area contributed by atoms with E-state index in [2.05, 4.69) is 5.32 Å². The summed E-state index contributed by atoms with van der Waals surface area (Å²) < 4.78 is 5.39. The second-order valence-corrected chi connectivity index (χ2v) is 4.92. The maximum atomic E-state index is 11.8. The van der Waals surface area contributed by atoms with Crippen molar-refractivity contribution in [2.45, 2.75) is 46.1 Å². The van der Waals surface area contributed by atoms with Gasteiger partial charge < -0.3 is 14.8 Å². The number of carbonyl (C=O) groups is 1. The lowest BCUT2D eigenvalue weighted by atomic mass is 10.0. The third kappa shape index (κ3) is 3.60. The van der Waals surface area contributed by atoms with E-state index in [-0.39, 0.29) is 18.4 Å². The second-order valence-electron chi connectivity index (χ2n) is 4.92. The van der Waals surface area contributed by atoms with Crippen LogP contribution in [0, 0.1) is 12.8 Å². The Balaban J connectivity index is 2.59. The zero-order valence-corrected chi connectivity index (χ0v) is 11.6. The van der Waals surface area contributed by atoms with Gasteiger partial charge in [-0.2, -0.15) is 0 Å². The van der Waals surface area contributed by atoms with Gasteiger partial charge in [0.25, 0.3) is 0 Å². The van der Waals surface area contributed by atoms with Crippen LogP contribution in [-0.4, -0.2) is 17.6 Å². The van der Waals surface area contributed by atoms with E-state index in [9.17, 15) is 9.90 Å². The maximum Gasteiger partial charge on any atom is 0.223 e. The van der Waals surface area contributed by atoms with Crippen LogP contribution in [0.4, 0.5) is 0 Å². The predicted molar refractivity (Wildman–Crippen MR) is 70.1 cm³/mol. The van der Waals surface area contributed by atoms with Crippen molar-refractivity contribution in [3.63, 3.8) is 0 Å². The number of nitrogens with one attached hydrogen (secondary N) is 1. The molecule has 18 heavy (non-hydrogen) atoms. The molecule has 0 bridgehead atoms. The fourth-order valence-corrected chi connectivity index (χ4v) is 1.87. The molecule has 0 aromatic carbocycles. The quantitative estimate of drug-likeness (QED) is 0.818. The van der Waals surface area contributed by atoms with Crippen molar-refractivity contribution in [2.75, 3.05) is 6.54 Å². The summed E-state index contributed by atoms with van der Waals surface area (Å²) in [6, 6.07) is 3.53. The molecule has 0 aliphatic rings. The first-order chi connectivity index (χ1) is 8.40. The van der Waals surface area contributed by atoms with E-state index in [0.717, 1.165) is 18.6 Å². The molecule has 0 saturated carbocycles. The van der Waals surface area contributed by atoms with Crippen LogP contribution in [0.2, 0.25) is 0 Å². The third-order valence-corrected chi connectivity index (χ3v) is 3.23. The van der Waals surface area contributed by atoms with Crippen LogP contribution in [0.3, 0.4) is 0 Å². The highest BCUT2D eigenvalue weighted by Crippen LogP contribution is 2.22. The van der Waals surface area contributed by atoms with Crippen molar-refractivity contribution < 1.29 is 14.3 Å². The molecule has 4 heteroatoms. The Morgan fingerprint density at radius 1 is 1.44 bits per heavy atom. The maximum absolute atomic E-state index is 11.8. The summed E-state index contributed by atoms with van der Waals surface area (Å²) in [7, 11) is 0. The smallest absolute Gasteiger partial charge is 0.223 e. The Hall–Kier alpha value is -1.29. The van der Waals surface area contributed by atoms with Gasteiger partial charge in [-0.25, -0.2) is 0 Å². The first kappa shape index (κ1) is 14.8. The average Bonchev–Trinajstić information content (AvgIpc) is 2.76. The number of hydrogen-bond acceptors (Lipinski definition) is 3. The van der Waals surface area contributed by atoms with E-state index in [1.165, 1.54) is 0 Å². The molecule has 0 saturated heterocycles. The highest BCUT2D eigenvalue weighted by atomic mass is 16.4. The van der Waals surface area contributed by atoms with Gasteiger partial charge in [-0.1, -0.05) is 13.8 Å². The molecule has 102 valence electrons. The monoisotopic (exact) mass is 253 g/mol. The van der Waals surface area contributed by atoms with E-state index in [4.69, 9.17) is 4.42 Å². The summed E-state index contributed by atoms with van der Waals surface area (Å²) in [5, 5.41) is 13.1. The van der Waals surface area contributed by atoms with E-state index in [0.29, 0.717) is 5.76 Å². The number of amides is 1. The number of furan rings is 1. The molecule has 1 heterocycles. The van der Waals surface area contributed by atoms with Crippen molar-refractivity contribution in [1.82, 2.24) is 5.32 Å². The molecule has 1 aromatic rings. The molecule has 0 fully saturated rings. The van der Waals surface area contributed by atoms with Gasteiger partial charge in [0.05, 0.1) is 6.54 Å². The SMILES string of the molecule is CCC(CC)C(=O)NCC(C)(O)c1ccc(C)o1. The number of carbonyl (C=O) groups excluding carboxylic acids is 1. The zero-order valence-electron chi connectivity index (χ0n) is 11.6. The fraction of sp³-hybridized carbons (Fsp3) is 0.643. The first-order valence-corrected chi connectivity index (χ1v) is 6.47. The van der Waals surface area contributed by atoms with Gasteiger partial charge in [0.2, 0.25) is 5.91 Å². The number of aryl methyl sites for hydroxylation is 1. The van der Waals surface area contributed by atoms with Gasteiger partial charge in [-0.05, 0) is 38.8 Å². The highest BCUT2D eigenvalue weighted by molar-refractivity contribution is 5.78. The van der Waals surface area contributed by atoms with Crippen molar-refractivity contribution in [2.24, 2.45) is 5.92 Å². The van der Waals surface area contributed by atoms with Gasteiger partial charge in [-0.15, -0.1) is 0 Å². The lowest BCUT2D eigenvalue weighted by molar-refractivity contribution is -0.126. The van der Waals surface area contributed by atoms with E-state index in [1.807, 2.05) is 20.8 Å². The van der Waals surface area contributed by atoms with Crippen LogP contribution in [0.1, 0.15) is 45.1 Å². The fourth-order valence-electron chi connectivity index (χ4n) is 1.87. The standard InChI is InChI=1S/C14H23NO3/c1-5-11(6-2)13(16)15-9-14(4,17)12-8-7-10(3)18-12/h7-8,11,17H,5-6,9H2,1-4H3,(H,15,16).